The van der Waals surface area contributed by atoms with E-state index in [1.54, 1.807) is 0 Å². The van der Waals surface area contributed by atoms with Crippen LogP contribution >= 0.6 is 0 Å². The fourth-order valence-corrected chi connectivity index (χ4v) is 2.64. The highest BCUT2D eigenvalue weighted by Crippen LogP contribution is 2.15. The van der Waals surface area contributed by atoms with Gasteiger partial charge in [0.2, 0.25) is 0 Å². The Bertz CT molecular complexity index is 555. The molecule has 1 aromatic heterocycles. The van der Waals surface area contributed by atoms with Gasteiger partial charge in [0.25, 0.3) is 0 Å². The average Bonchev–Trinajstić information content (AvgIpc) is 2.45. The lowest BCUT2D eigenvalue weighted by molar-refractivity contribution is 0.0130. The molecule has 1 aliphatic heterocycles. The van der Waals surface area contributed by atoms with E-state index >= 15 is 0 Å². The van der Waals surface area contributed by atoms with Crippen molar-refractivity contribution in [2.24, 2.45) is 0 Å². The van der Waals surface area contributed by atoms with Crippen LogP contribution in [0.3, 0.4) is 0 Å². The number of hydrogen-bond acceptors (Lipinski definition) is 3. The molecular formula is C16H20N2O. The van der Waals surface area contributed by atoms with E-state index in [1.807, 2.05) is 12.1 Å². The van der Waals surface area contributed by atoms with Crippen LogP contribution in [0.4, 0.5) is 0 Å². The van der Waals surface area contributed by atoms with Crippen molar-refractivity contribution in [2.45, 2.75) is 38.5 Å². The summed E-state index contributed by atoms with van der Waals surface area (Å²) >= 11 is 0. The quantitative estimate of drug-likeness (QED) is 0.917. The minimum absolute atomic E-state index is 0.371. The molecule has 0 spiro atoms. The number of hydrogen-bond donors (Lipinski definition) is 1. The second-order valence-electron chi connectivity index (χ2n) is 5.28. The first kappa shape index (κ1) is 12.6. The monoisotopic (exact) mass is 256 g/mol. The van der Waals surface area contributed by atoms with Crippen molar-refractivity contribution in [1.82, 2.24) is 10.3 Å². The molecule has 2 aromatic rings. The summed E-state index contributed by atoms with van der Waals surface area (Å²) in [5.74, 6) is 0. The van der Waals surface area contributed by atoms with Gasteiger partial charge in [0.1, 0.15) is 0 Å². The van der Waals surface area contributed by atoms with Gasteiger partial charge in [-0.25, -0.2) is 0 Å². The number of rotatable bonds is 3. The molecule has 2 atom stereocenters. The Morgan fingerprint density at radius 2 is 2.16 bits per heavy atom. The van der Waals surface area contributed by atoms with Gasteiger partial charge in [-0.3, -0.25) is 4.98 Å². The predicted octanol–water partition coefficient (Wildman–Crippen LogP) is 2.89. The molecule has 1 fully saturated rings. The number of benzene rings is 1. The van der Waals surface area contributed by atoms with Crippen molar-refractivity contribution in [3.05, 3.63) is 42.1 Å². The van der Waals surface area contributed by atoms with Gasteiger partial charge in [-0.05, 0) is 31.9 Å². The van der Waals surface area contributed by atoms with Crippen LogP contribution in [-0.2, 0) is 11.3 Å². The Balaban J connectivity index is 1.64. The van der Waals surface area contributed by atoms with Gasteiger partial charge < -0.3 is 10.1 Å². The van der Waals surface area contributed by atoms with Gasteiger partial charge in [-0.1, -0.05) is 24.3 Å². The van der Waals surface area contributed by atoms with Crippen LogP contribution in [0.25, 0.3) is 10.9 Å². The van der Waals surface area contributed by atoms with Crippen LogP contribution in [0.15, 0.2) is 36.4 Å². The zero-order chi connectivity index (χ0) is 13.1. The summed E-state index contributed by atoms with van der Waals surface area (Å²) in [6, 6.07) is 13.0. The maximum Gasteiger partial charge on any atom is 0.0705 e. The molecule has 2 heterocycles. The number of fused-ring (bicyclic) bond motifs is 1. The van der Waals surface area contributed by atoms with Crippen molar-refractivity contribution in [3.8, 4) is 0 Å². The molecule has 1 N–H and O–H groups in total. The summed E-state index contributed by atoms with van der Waals surface area (Å²) in [5.41, 5.74) is 2.18. The van der Waals surface area contributed by atoms with E-state index in [2.05, 4.69) is 41.5 Å². The number of aromatic nitrogens is 1. The van der Waals surface area contributed by atoms with Crippen LogP contribution in [-0.4, -0.2) is 23.7 Å². The first-order valence-electron chi connectivity index (χ1n) is 7.01. The maximum atomic E-state index is 5.56. The lowest BCUT2D eigenvalue weighted by atomic mass is 10.0. The molecule has 1 aromatic carbocycles. The van der Waals surface area contributed by atoms with Crippen LogP contribution in [0.2, 0.25) is 0 Å². The molecule has 0 saturated carbocycles. The second-order valence-corrected chi connectivity index (χ2v) is 5.28. The molecule has 3 rings (SSSR count). The Labute approximate surface area is 114 Å². The van der Waals surface area contributed by atoms with Crippen molar-refractivity contribution in [2.75, 3.05) is 6.61 Å². The summed E-state index contributed by atoms with van der Waals surface area (Å²) in [6.07, 6.45) is 2.56. The highest BCUT2D eigenvalue weighted by Gasteiger charge is 2.18. The number of nitrogens with zero attached hydrogens (tertiary/aromatic N) is 1. The molecule has 100 valence electrons. The Morgan fingerprint density at radius 1 is 1.26 bits per heavy atom. The van der Waals surface area contributed by atoms with Crippen LogP contribution in [0, 0.1) is 0 Å². The third kappa shape index (κ3) is 3.11. The number of nitrogens with one attached hydrogen (secondary N) is 1. The van der Waals surface area contributed by atoms with Gasteiger partial charge in [0.15, 0.2) is 0 Å². The molecule has 0 bridgehead atoms. The first-order valence-corrected chi connectivity index (χ1v) is 7.01. The van der Waals surface area contributed by atoms with Gasteiger partial charge in [0, 0.05) is 24.6 Å². The number of ether oxygens (including phenoxy) is 1. The van der Waals surface area contributed by atoms with Crippen LogP contribution < -0.4 is 5.32 Å². The lowest BCUT2D eigenvalue weighted by Crippen LogP contribution is -2.37. The minimum atomic E-state index is 0.371. The van der Waals surface area contributed by atoms with E-state index in [-0.39, 0.29) is 0 Å². The van der Waals surface area contributed by atoms with Crippen molar-refractivity contribution < 1.29 is 4.74 Å². The molecule has 3 heteroatoms. The van der Waals surface area contributed by atoms with Gasteiger partial charge in [-0.2, -0.15) is 0 Å². The van der Waals surface area contributed by atoms with Crippen molar-refractivity contribution >= 4 is 10.9 Å². The highest BCUT2D eigenvalue weighted by molar-refractivity contribution is 5.78. The zero-order valence-corrected chi connectivity index (χ0v) is 11.3. The Hall–Kier alpha value is -1.45. The van der Waals surface area contributed by atoms with Crippen molar-refractivity contribution in [1.29, 1.82) is 0 Å². The third-order valence-electron chi connectivity index (χ3n) is 3.71. The second kappa shape index (κ2) is 5.68. The fourth-order valence-electron chi connectivity index (χ4n) is 2.64. The molecule has 3 nitrogen and oxygen atoms in total. The molecule has 19 heavy (non-hydrogen) atoms. The molecule has 1 saturated heterocycles. The predicted molar refractivity (Wildman–Crippen MR) is 77.0 cm³/mol. The SMILES string of the molecule is CC1CC(NCc2ccc3ccccc3n2)CCO1. The average molecular weight is 256 g/mol. The number of para-hydroxylation sites is 1. The van der Waals surface area contributed by atoms with Crippen LogP contribution in [0.5, 0.6) is 0 Å². The summed E-state index contributed by atoms with van der Waals surface area (Å²) in [4.78, 5) is 4.68. The minimum Gasteiger partial charge on any atom is -0.378 e. The van der Waals surface area contributed by atoms with E-state index in [9.17, 15) is 0 Å². The molecule has 0 radical (unpaired) electrons. The maximum absolute atomic E-state index is 5.56. The highest BCUT2D eigenvalue weighted by atomic mass is 16.5. The Kier molecular flexibility index (Phi) is 3.76. The van der Waals surface area contributed by atoms with E-state index in [0.717, 1.165) is 37.2 Å². The van der Waals surface area contributed by atoms with Gasteiger partial charge in [-0.15, -0.1) is 0 Å². The third-order valence-corrected chi connectivity index (χ3v) is 3.71. The lowest BCUT2D eigenvalue weighted by Gasteiger charge is -2.28. The molecule has 2 unspecified atom stereocenters. The Morgan fingerprint density at radius 3 is 3.05 bits per heavy atom. The van der Waals surface area contributed by atoms with Gasteiger partial charge in [0.05, 0.1) is 17.3 Å². The molecule has 0 amide bonds. The molecular weight excluding hydrogens is 236 g/mol. The molecule has 0 aliphatic carbocycles. The van der Waals surface area contributed by atoms with Crippen molar-refractivity contribution in [3.63, 3.8) is 0 Å². The largest absolute Gasteiger partial charge is 0.378 e. The van der Waals surface area contributed by atoms with E-state index in [4.69, 9.17) is 4.74 Å². The van der Waals surface area contributed by atoms with E-state index in [0.29, 0.717) is 12.1 Å². The normalized spacial score (nSPS) is 23.6. The number of pyridine rings is 1. The summed E-state index contributed by atoms with van der Waals surface area (Å²) in [6.45, 7) is 3.84. The summed E-state index contributed by atoms with van der Waals surface area (Å²) in [5, 5.41) is 4.79. The van der Waals surface area contributed by atoms with E-state index < -0.39 is 0 Å². The van der Waals surface area contributed by atoms with E-state index in [1.165, 1.54) is 5.39 Å². The topological polar surface area (TPSA) is 34.2 Å². The molecule has 1 aliphatic rings. The standard InChI is InChI=1S/C16H20N2O/c1-12-10-14(8-9-19-12)17-11-15-7-6-13-4-2-3-5-16(13)18-15/h2-7,12,14,17H,8-11H2,1H3. The smallest absolute Gasteiger partial charge is 0.0705 e. The van der Waals surface area contributed by atoms with Gasteiger partial charge >= 0.3 is 0 Å². The summed E-state index contributed by atoms with van der Waals surface area (Å²) < 4.78 is 5.56. The first-order chi connectivity index (χ1) is 9.31. The summed E-state index contributed by atoms with van der Waals surface area (Å²) in [7, 11) is 0. The fraction of sp³-hybridized carbons (Fsp3) is 0.438. The van der Waals surface area contributed by atoms with Crippen LogP contribution in [0.1, 0.15) is 25.5 Å². The zero-order valence-electron chi connectivity index (χ0n) is 11.3.